The largest absolute Gasteiger partial charge is 0.338 e. The zero-order valence-corrected chi connectivity index (χ0v) is 10.8. The van der Waals surface area contributed by atoms with Crippen LogP contribution in [0.25, 0.3) is 0 Å². The molecule has 0 bridgehead atoms. The van der Waals surface area contributed by atoms with Gasteiger partial charge in [0, 0.05) is 24.3 Å². The molecule has 4 heteroatoms. The normalized spacial score (nSPS) is 13.3. The molecule has 1 heterocycles. The third-order valence-corrected chi connectivity index (χ3v) is 3.15. The van der Waals surface area contributed by atoms with E-state index >= 15 is 0 Å². The van der Waals surface area contributed by atoms with Crippen molar-refractivity contribution in [3.8, 4) is 0 Å². The second kappa shape index (κ2) is 5.21. The average Bonchev–Trinajstić information content (AvgIpc) is 2.78. The third-order valence-electron chi connectivity index (χ3n) is 3.15. The highest BCUT2D eigenvalue weighted by Gasteiger charge is 2.24. The molecular formula is C14H18N2O2. The molecule has 1 aromatic carbocycles. The van der Waals surface area contributed by atoms with Crippen LogP contribution in [0, 0.1) is 0 Å². The van der Waals surface area contributed by atoms with Crippen LogP contribution in [0.15, 0.2) is 18.2 Å². The molecule has 96 valence electrons. The number of fused-ring (bicyclic) bond motifs is 1. The van der Waals surface area contributed by atoms with E-state index in [4.69, 9.17) is 0 Å². The third kappa shape index (κ3) is 2.37. The summed E-state index contributed by atoms with van der Waals surface area (Å²) in [5, 5.41) is 2.87. The summed E-state index contributed by atoms with van der Waals surface area (Å²) in [7, 11) is 0. The Morgan fingerprint density at radius 1 is 1.39 bits per heavy atom. The van der Waals surface area contributed by atoms with Crippen LogP contribution in [-0.2, 0) is 6.42 Å². The lowest BCUT2D eigenvalue weighted by atomic mass is 10.1. The van der Waals surface area contributed by atoms with Gasteiger partial charge in [-0.05, 0) is 43.5 Å². The molecule has 1 aliphatic rings. The molecule has 0 saturated heterocycles. The van der Waals surface area contributed by atoms with Crippen molar-refractivity contribution in [2.75, 3.05) is 18.0 Å². The first-order chi connectivity index (χ1) is 8.63. The number of nitrogens with zero attached hydrogens (tertiary/aromatic N) is 1. The molecule has 2 amide bonds. The van der Waals surface area contributed by atoms with Crippen LogP contribution in [-0.4, -0.2) is 24.9 Å². The topological polar surface area (TPSA) is 49.4 Å². The van der Waals surface area contributed by atoms with Crippen LogP contribution < -0.4 is 10.2 Å². The van der Waals surface area contributed by atoms with Gasteiger partial charge in [0.1, 0.15) is 0 Å². The highest BCUT2D eigenvalue weighted by atomic mass is 16.2. The maximum Gasteiger partial charge on any atom is 0.321 e. The van der Waals surface area contributed by atoms with Gasteiger partial charge in [0.05, 0.1) is 0 Å². The van der Waals surface area contributed by atoms with E-state index in [2.05, 4.69) is 5.32 Å². The lowest BCUT2D eigenvalue weighted by Gasteiger charge is -2.18. The first-order valence-corrected chi connectivity index (χ1v) is 6.32. The molecule has 0 saturated carbocycles. The number of anilines is 1. The molecule has 4 nitrogen and oxygen atoms in total. The molecule has 18 heavy (non-hydrogen) atoms. The summed E-state index contributed by atoms with van der Waals surface area (Å²) in [5.74, 6) is 0.0617. The number of nitrogens with one attached hydrogen (secondary N) is 1. The van der Waals surface area contributed by atoms with Crippen molar-refractivity contribution in [2.24, 2.45) is 0 Å². The molecule has 0 fully saturated rings. The number of benzene rings is 1. The number of carbonyl (C=O) groups is 2. The molecule has 0 aromatic heterocycles. The summed E-state index contributed by atoms with van der Waals surface area (Å²) >= 11 is 0. The van der Waals surface area contributed by atoms with Crippen molar-refractivity contribution in [3.63, 3.8) is 0 Å². The van der Waals surface area contributed by atoms with Gasteiger partial charge >= 0.3 is 6.03 Å². The first kappa shape index (κ1) is 12.6. The molecule has 0 aliphatic carbocycles. The lowest BCUT2D eigenvalue weighted by molar-refractivity contribution is 0.101. The smallest absolute Gasteiger partial charge is 0.321 e. The van der Waals surface area contributed by atoms with E-state index in [9.17, 15) is 9.59 Å². The van der Waals surface area contributed by atoms with Gasteiger partial charge in [-0.1, -0.05) is 6.92 Å². The monoisotopic (exact) mass is 246 g/mol. The first-order valence-electron chi connectivity index (χ1n) is 6.32. The molecule has 1 aliphatic heterocycles. The SMILES string of the molecule is CCCNC(=O)N1CCc2cc(C(C)=O)ccc21. The van der Waals surface area contributed by atoms with Crippen LogP contribution in [0.4, 0.5) is 10.5 Å². The van der Waals surface area contributed by atoms with Crippen molar-refractivity contribution in [3.05, 3.63) is 29.3 Å². The molecular weight excluding hydrogens is 228 g/mol. The zero-order chi connectivity index (χ0) is 13.1. The summed E-state index contributed by atoms with van der Waals surface area (Å²) in [6.45, 7) is 4.96. The van der Waals surface area contributed by atoms with Gasteiger partial charge in [-0.3, -0.25) is 9.69 Å². The fourth-order valence-electron chi connectivity index (χ4n) is 2.16. The number of rotatable bonds is 3. The Bertz CT molecular complexity index is 483. The van der Waals surface area contributed by atoms with Crippen LogP contribution in [0.5, 0.6) is 0 Å². The van der Waals surface area contributed by atoms with E-state index in [1.807, 2.05) is 19.1 Å². The van der Waals surface area contributed by atoms with E-state index < -0.39 is 0 Å². The van der Waals surface area contributed by atoms with E-state index in [-0.39, 0.29) is 11.8 Å². The maximum absolute atomic E-state index is 11.9. The molecule has 0 atom stereocenters. The fraction of sp³-hybridized carbons (Fsp3) is 0.429. The van der Waals surface area contributed by atoms with Gasteiger partial charge in [0.25, 0.3) is 0 Å². The van der Waals surface area contributed by atoms with Gasteiger partial charge in [-0.15, -0.1) is 0 Å². The van der Waals surface area contributed by atoms with Gasteiger partial charge in [0.2, 0.25) is 0 Å². The number of carbonyl (C=O) groups excluding carboxylic acids is 2. The minimum atomic E-state index is -0.0498. The molecule has 0 radical (unpaired) electrons. The van der Waals surface area contributed by atoms with Crippen molar-refractivity contribution in [1.82, 2.24) is 5.32 Å². The highest BCUT2D eigenvalue weighted by Crippen LogP contribution is 2.28. The summed E-state index contributed by atoms with van der Waals surface area (Å²) < 4.78 is 0. The van der Waals surface area contributed by atoms with Crippen molar-refractivity contribution < 1.29 is 9.59 Å². The van der Waals surface area contributed by atoms with E-state index in [1.54, 1.807) is 17.9 Å². The summed E-state index contributed by atoms with van der Waals surface area (Å²) in [6.07, 6.45) is 1.74. The standard InChI is InChI=1S/C14H18N2O2/c1-3-7-15-14(18)16-8-6-12-9-11(10(2)17)4-5-13(12)16/h4-5,9H,3,6-8H2,1-2H3,(H,15,18). The van der Waals surface area contributed by atoms with E-state index in [0.717, 1.165) is 24.1 Å². The van der Waals surface area contributed by atoms with Crippen LogP contribution in [0.2, 0.25) is 0 Å². The molecule has 2 rings (SSSR count). The van der Waals surface area contributed by atoms with Crippen LogP contribution >= 0.6 is 0 Å². The lowest BCUT2D eigenvalue weighted by Crippen LogP contribution is -2.39. The molecule has 1 aromatic rings. The minimum absolute atomic E-state index is 0.0498. The number of ketones is 1. The van der Waals surface area contributed by atoms with Crippen LogP contribution in [0.3, 0.4) is 0 Å². The van der Waals surface area contributed by atoms with Crippen molar-refractivity contribution >= 4 is 17.5 Å². The summed E-state index contributed by atoms with van der Waals surface area (Å²) in [6, 6.07) is 5.49. The number of amides is 2. The van der Waals surface area contributed by atoms with Gasteiger partial charge in [-0.2, -0.15) is 0 Å². The minimum Gasteiger partial charge on any atom is -0.338 e. The quantitative estimate of drug-likeness (QED) is 0.832. The predicted molar refractivity (Wildman–Crippen MR) is 71.2 cm³/mol. The Morgan fingerprint density at radius 2 is 2.17 bits per heavy atom. The van der Waals surface area contributed by atoms with Gasteiger partial charge < -0.3 is 5.32 Å². The van der Waals surface area contributed by atoms with Crippen molar-refractivity contribution in [1.29, 1.82) is 0 Å². The fourth-order valence-corrected chi connectivity index (χ4v) is 2.16. The maximum atomic E-state index is 11.9. The average molecular weight is 246 g/mol. The van der Waals surface area contributed by atoms with E-state index in [0.29, 0.717) is 18.7 Å². The summed E-state index contributed by atoms with van der Waals surface area (Å²) in [4.78, 5) is 25.0. The molecule has 1 N–H and O–H groups in total. The Morgan fingerprint density at radius 3 is 2.83 bits per heavy atom. The number of urea groups is 1. The van der Waals surface area contributed by atoms with Gasteiger partial charge in [-0.25, -0.2) is 4.79 Å². The number of Topliss-reactive ketones (excluding diaryl/α,β-unsaturated/α-hetero) is 1. The Hall–Kier alpha value is -1.84. The second-order valence-corrected chi connectivity index (χ2v) is 4.53. The Balaban J connectivity index is 2.18. The second-order valence-electron chi connectivity index (χ2n) is 4.53. The Labute approximate surface area is 107 Å². The Kier molecular flexibility index (Phi) is 3.65. The predicted octanol–water partition coefficient (Wildman–Crippen LogP) is 2.37. The number of hydrogen-bond donors (Lipinski definition) is 1. The zero-order valence-electron chi connectivity index (χ0n) is 10.8. The molecule has 0 spiro atoms. The summed E-state index contributed by atoms with van der Waals surface area (Å²) in [5.41, 5.74) is 2.72. The number of hydrogen-bond acceptors (Lipinski definition) is 2. The van der Waals surface area contributed by atoms with Crippen molar-refractivity contribution in [2.45, 2.75) is 26.7 Å². The highest BCUT2D eigenvalue weighted by molar-refractivity contribution is 5.97. The van der Waals surface area contributed by atoms with Crippen LogP contribution in [0.1, 0.15) is 36.2 Å². The molecule has 0 unspecified atom stereocenters. The van der Waals surface area contributed by atoms with Gasteiger partial charge in [0.15, 0.2) is 5.78 Å². The van der Waals surface area contributed by atoms with E-state index in [1.165, 1.54) is 0 Å².